The number of esters is 1. The maximum Gasteiger partial charge on any atom is 0.331 e. The summed E-state index contributed by atoms with van der Waals surface area (Å²) in [6.07, 6.45) is 20.5. The molecule has 0 radical (unpaired) electrons. The number of hydrogen-bond donors (Lipinski definition) is 1. The molecule has 0 aromatic carbocycles. The Bertz CT molecular complexity index is 419. The van der Waals surface area contributed by atoms with Gasteiger partial charge >= 0.3 is 11.9 Å². The van der Waals surface area contributed by atoms with E-state index in [4.69, 9.17) is 14.6 Å². The number of ether oxygens (including phenoxy) is 2. The van der Waals surface area contributed by atoms with Gasteiger partial charge in [0.05, 0.1) is 12.7 Å². The van der Waals surface area contributed by atoms with Crippen LogP contribution in [0.1, 0.15) is 110 Å². The van der Waals surface area contributed by atoms with E-state index < -0.39 is 11.9 Å². The van der Waals surface area contributed by atoms with Gasteiger partial charge in [0.25, 0.3) is 0 Å². The highest BCUT2D eigenvalue weighted by molar-refractivity contribution is 5.90. The standard InChI is InChI=1S/C24H44O5/c1-3-5-6-7-8-9-10-11-12-13-17-22(16-4-2)28-20-14-15-21-29-24(27)19-18-23(25)26/h18-19,22H,3-17,20-21H2,1-2H3,(H,25,26)/b19-18-. The fourth-order valence-corrected chi connectivity index (χ4v) is 3.31. The summed E-state index contributed by atoms with van der Waals surface area (Å²) in [5.74, 6) is -1.77. The van der Waals surface area contributed by atoms with Gasteiger partial charge in [0.15, 0.2) is 0 Å². The summed E-state index contributed by atoms with van der Waals surface area (Å²) in [6.45, 7) is 5.43. The van der Waals surface area contributed by atoms with Crippen LogP contribution >= 0.6 is 0 Å². The van der Waals surface area contributed by atoms with Gasteiger partial charge in [-0.15, -0.1) is 0 Å². The Labute approximate surface area is 178 Å². The number of aliphatic carboxylic acids is 1. The lowest BCUT2D eigenvalue weighted by molar-refractivity contribution is -0.139. The van der Waals surface area contributed by atoms with Crippen LogP contribution in [-0.4, -0.2) is 36.4 Å². The number of rotatable bonds is 21. The zero-order chi connectivity index (χ0) is 21.6. The van der Waals surface area contributed by atoms with E-state index in [1.165, 1.54) is 64.2 Å². The number of carboxylic acids is 1. The van der Waals surface area contributed by atoms with E-state index in [-0.39, 0.29) is 0 Å². The quantitative estimate of drug-likeness (QED) is 0.133. The van der Waals surface area contributed by atoms with Crippen molar-refractivity contribution in [3.05, 3.63) is 12.2 Å². The molecular weight excluding hydrogens is 368 g/mol. The Hall–Kier alpha value is -1.36. The van der Waals surface area contributed by atoms with Crippen molar-refractivity contribution < 1.29 is 24.2 Å². The summed E-state index contributed by atoms with van der Waals surface area (Å²) >= 11 is 0. The van der Waals surface area contributed by atoms with Gasteiger partial charge in [-0.3, -0.25) is 0 Å². The van der Waals surface area contributed by atoms with Crippen LogP contribution in [0.4, 0.5) is 0 Å². The summed E-state index contributed by atoms with van der Waals surface area (Å²) in [4.78, 5) is 21.6. The van der Waals surface area contributed by atoms with Crippen molar-refractivity contribution in [2.45, 2.75) is 116 Å². The van der Waals surface area contributed by atoms with Crippen molar-refractivity contribution in [3.63, 3.8) is 0 Å². The largest absolute Gasteiger partial charge is 0.478 e. The number of carbonyl (C=O) groups is 2. The zero-order valence-corrected chi connectivity index (χ0v) is 18.8. The lowest BCUT2D eigenvalue weighted by atomic mass is 10.0. The SMILES string of the molecule is CCCCCCCCCCCCC(CCC)OCCCCOC(=O)/C=C\C(=O)O. The number of carboxylic acid groups (broad SMARTS) is 1. The molecule has 1 unspecified atom stereocenters. The first-order chi connectivity index (χ1) is 14.1. The van der Waals surface area contributed by atoms with Crippen LogP contribution in [0.3, 0.4) is 0 Å². The first-order valence-corrected chi connectivity index (χ1v) is 11.8. The topological polar surface area (TPSA) is 72.8 Å². The zero-order valence-electron chi connectivity index (χ0n) is 18.8. The van der Waals surface area contributed by atoms with Gasteiger partial charge in [0.2, 0.25) is 0 Å². The first kappa shape index (κ1) is 27.6. The van der Waals surface area contributed by atoms with Crippen molar-refractivity contribution in [2.24, 2.45) is 0 Å². The second kappa shape index (κ2) is 21.4. The average Bonchev–Trinajstić information content (AvgIpc) is 2.70. The Morgan fingerprint density at radius 3 is 1.90 bits per heavy atom. The Kier molecular flexibility index (Phi) is 20.3. The van der Waals surface area contributed by atoms with Crippen LogP contribution < -0.4 is 0 Å². The van der Waals surface area contributed by atoms with Crippen molar-refractivity contribution in [3.8, 4) is 0 Å². The van der Waals surface area contributed by atoms with Crippen LogP contribution in [0.25, 0.3) is 0 Å². The summed E-state index contributed by atoms with van der Waals surface area (Å²) in [5.41, 5.74) is 0. The molecule has 1 atom stereocenters. The van der Waals surface area contributed by atoms with Crippen LogP contribution in [0.5, 0.6) is 0 Å². The number of carbonyl (C=O) groups excluding carboxylic acids is 1. The molecule has 0 heterocycles. The van der Waals surface area contributed by atoms with E-state index in [9.17, 15) is 9.59 Å². The third kappa shape index (κ3) is 21.2. The van der Waals surface area contributed by atoms with Gasteiger partial charge in [-0.2, -0.15) is 0 Å². The number of hydrogen-bond acceptors (Lipinski definition) is 4. The van der Waals surface area contributed by atoms with E-state index in [0.29, 0.717) is 19.3 Å². The second-order valence-corrected chi connectivity index (χ2v) is 7.80. The van der Waals surface area contributed by atoms with Crippen molar-refractivity contribution >= 4 is 11.9 Å². The highest BCUT2D eigenvalue weighted by Gasteiger charge is 2.08. The molecule has 0 rings (SSSR count). The number of unbranched alkanes of at least 4 members (excludes halogenated alkanes) is 10. The molecule has 0 aliphatic rings. The van der Waals surface area contributed by atoms with Crippen LogP contribution in [-0.2, 0) is 19.1 Å². The van der Waals surface area contributed by atoms with Gasteiger partial charge < -0.3 is 14.6 Å². The Morgan fingerprint density at radius 1 is 0.724 bits per heavy atom. The highest BCUT2D eigenvalue weighted by Crippen LogP contribution is 2.15. The lowest BCUT2D eigenvalue weighted by Crippen LogP contribution is -2.14. The fourth-order valence-electron chi connectivity index (χ4n) is 3.31. The maximum absolute atomic E-state index is 11.2. The monoisotopic (exact) mass is 412 g/mol. The molecule has 1 N–H and O–H groups in total. The third-order valence-electron chi connectivity index (χ3n) is 4.99. The van der Waals surface area contributed by atoms with Crippen molar-refractivity contribution in [1.82, 2.24) is 0 Å². The van der Waals surface area contributed by atoms with Crippen molar-refractivity contribution in [2.75, 3.05) is 13.2 Å². The van der Waals surface area contributed by atoms with Crippen LogP contribution in [0.15, 0.2) is 12.2 Å². The van der Waals surface area contributed by atoms with Gasteiger partial charge in [0.1, 0.15) is 0 Å². The van der Waals surface area contributed by atoms with Crippen LogP contribution in [0, 0.1) is 0 Å². The molecule has 0 aromatic heterocycles. The minimum atomic E-state index is -1.15. The molecule has 0 amide bonds. The second-order valence-electron chi connectivity index (χ2n) is 7.80. The van der Waals surface area contributed by atoms with E-state index in [1.807, 2.05) is 0 Å². The maximum atomic E-state index is 11.2. The smallest absolute Gasteiger partial charge is 0.331 e. The predicted octanol–water partition coefficient (Wildman–Crippen LogP) is 6.45. The van der Waals surface area contributed by atoms with Gasteiger partial charge in [-0.25, -0.2) is 9.59 Å². The van der Waals surface area contributed by atoms with E-state index in [0.717, 1.165) is 44.3 Å². The highest BCUT2D eigenvalue weighted by atomic mass is 16.5. The molecule has 29 heavy (non-hydrogen) atoms. The molecule has 0 saturated heterocycles. The Morgan fingerprint density at radius 2 is 1.31 bits per heavy atom. The molecule has 0 fully saturated rings. The van der Waals surface area contributed by atoms with Gasteiger partial charge in [-0.1, -0.05) is 84.5 Å². The Balaban J connectivity index is 3.60. The summed E-state index contributed by atoms with van der Waals surface area (Å²) in [7, 11) is 0. The molecule has 0 aliphatic carbocycles. The predicted molar refractivity (Wildman–Crippen MR) is 118 cm³/mol. The minimum absolute atomic E-state index is 0.295. The van der Waals surface area contributed by atoms with E-state index in [2.05, 4.69) is 13.8 Å². The normalized spacial score (nSPS) is 12.3. The van der Waals surface area contributed by atoms with Gasteiger partial charge in [-0.05, 0) is 25.7 Å². The molecule has 0 aromatic rings. The van der Waals surface area contributed by atoms with E-state index in [1.54, 1.807) is 0 Å². The van der Waals surface area contributed by atoms with Crippen LogP contribution in [0.2, 0.25) is 0 Å². The average molecular weight is 413 g/mol. The van der Waals surface area contributed by atoms with E-state index >= 15 is 0 Å². The molecular formula is C24H44O5. The first-order valence-electron chi connectivity index (χ1n) is 11.8. The summed E-state index contributed by atoms with van der Waals surface area (Å²) < 4.78 is 11.0. The summed E-state index contributed by atoms with van der Waals surface area (Å²) in [6, 6.07) is 0. The molecule has 0 spiro atoms. The molecule has 0 aliphatic heterocycles. The molecule has 5 nitrogen and oxygen atoms in total. The molecule has 0 bridgehead atoms. The third-order valence-corrected chi connectivity index (χ3v) is 4.99. The summed E-state index contributed by atoms with van der Waals surface area (Å²) in [5, 5.41) is 8.44. The minimum Gasteiger partial charge on any atom is -0.478 e. The van der Waals surface area contributed by atoms with Crippen molar-refractivity contribution in [1.29, 1.82) is 0 Å². The lowest BCUT2D eigenvalue weighted by Gasteiger charge is -2.17. The van der Waals surface area contributed by atoms with Gasteiger partial charge in [0, 0.05) is 18.8 Å². The molecule has 0 saturated carbocycles. The molecule has 5 heteroatoms. The molecule has 170 valence electrons. The fraction of sp³-hybridized carbons (Fsp3) is 0.833.